The van der Waals surface area contributed by atoms with Crippen molar-refractivity contribution in [2.45, 2.75) is 38.1 Å². The average Bonchev–Trinajstić information content (AvgIpc) is 3.66. The van der Waals surface area contributed by atoms with Crippen LogP contribution in [0.1, 0.15) is 57.4 Å². The van der Waals surface area contributed by atoms with Crippen molar-refractivity contribution < 1.29 is 19.0 Å². The Bertz CT molecular complexity index is 1890. The van der Waals surface area contributed by atoms with E-state index in [1.54, 1.807) is 23.5 Å². The summed E-state index contributed by atoms with van der Waals surface area (Å²) in [6.45, 7) is 1.15. The van der Waals surface area contributed by atoms with Crippen LogP contribution in [0.3, 0.4) is 0 Å². The van der Waals surface area contributed by atoms with Crippen molar-refractivity contribution in [3.8, 4) is 17.6 Å². The van der Waals surface area contributed by atoms with Gasteiger partial charge in [-0.25, -0.2) is 19.2 Å². The number of anilines is 3. The van der Waals surface area contributed by atoms with Crippen LogP contribution in [0.4, 0.5) is 20.5 Å². The maximum absolute atomic E-state index is 14.5. The van der Waals surface area contributed by atoms with Gasteiger partial charge in [0, 0.05) is 16.0 Å². The number of hydrogen-bond acceptors (Lipinski definition) is 11. The average molecular weight is 658 g/mol. The van der Waals surface area contributed by atoms with Gasteiger partial charge in [0.25, 0.3) is 0 Å². The molecule has 3 aromatic heterocycles. The molecule has 3 heterocycles. The molecule has 0 radical (unpaired) electrons. The first-order chi connectivity index (χ1) is 22.3. The fourth-order valence-electron chi connectivity index (χ4n) is 4.71. The summed E-state index contributed by atoms with van der Waals surface area (Å²) in [6.07, 6.45) is 3.11. The monoisotopic (exact) mass is 657 g/mol. The van der Waals surface area contributed by atoms with Gasteiger partial charge < -0.3 is 20.5 Å². The van der Waals surface area contributed by atoms with Crippen LogP contribution >= 0.6 is 22.7 Å². The lowest BCUT2D eigenvalue weighted by atomic mass is 10.1. The first-order valence-electron chi connectivity index (χ1n) is 14.8. The Morgan fingerprint density at radius 1 is 1.11 bits per heavy atom. The van der Waals surface area contributed by atoms with Crippen LogP contribution in [0.2, 0.25) is 0 Å². The number of ether oxygens (including phenoxy) is 1. The van der Waals surface area contributed by atoms with Crippen LogP contribution in [0, 0.1) is 17.7 Å². The lowest BCUT2D eigenvalue weighted by molar-refractivity contribution is 0.0690. The summed E-state index contributed by atoms with van der Waals surface area (Å²) in [5.74, 6) is 5.59. The van der Waals surface area contributed by atoms with E-state index in [1.807, 2.05) is 49.3 Å². The van der Waals surface area contributed by atoms with Crippen molar-refractivity contribution in [1.82, 2.24) is 25.1 Å². The highest BCUT2D eigenvalue weighted by Crippen LogP contribution is 2.44. The second kappa shape index (κ2) is 14.2. The predicted molar refractivity (Wildman–Crippen MR) is 179 cm³/mol. The highest BCUT2D eigenvalue weighted by atomic mass is 32.1. The Kier molecular flexibility index (Phi) is 9.68. The van der Waals surface area contributed by atoms with Crippen LogP contribution in [0.15, 0.2) is 48.5 Å². The largest absolute Gasteiger partial charge is 0.491 e. The molecule has 236 valence electrons. The van der Waals surface area contributed by atoms with Crippen molar-refractivity contribution in [3.05, 3.63) is 81.7 Å². The Labute approximate surface area is 273 Å². The van der Waals surface area contributed by atoms with Gasteiger partial charge in [0.1, 0.15) is 0 Å². The van der Waals surface area contributed by atoms with Gasteiger partial charge in [-0.15, -0.1) is 16.4 Å². The van der Waals surface area contributed by atoms with Gasteiger partial charge in [-0.05, 0) is 82.1 Å². The molecule has 1 fully saturated rings. The maximum atomic E-state index is 14.5. The van der Waals surface area contributed by atoms with Crippen LogP contribution in [-0.2, 0) is 13.0 Å². The third kappa shape index (κ3) is 7.95. The third-order valence-corrected chi connectivity index (χ3v) is 9.12. The second-order valence-corrected chi connectivity index (χ2v) is 13.2. The molecule has 0 bridgehead atoms. The van der Waals surface area contributed by atoms with E-state index in [0.29, 0.717) is 53.2 Å². The lowest BCUT2D eigenvalue weighted by Gasteiger charge is -2.10. The van der Waals surface area contributed by atoms with Crippen molar-refractivity contribution in [2.24, 2.45) is 0 Å². The fourth-order valence-corrected chi connectivity index (χ4v) is 6.56. The number of thiazole rings is 2. The number of carbonyl (C=O) groups is 1. The third-order valence-electron chi connectivity index (χ3n) is 7.10. The van der Waals surface area contributed by atoms with E-state index in [-0.39, 0.29) is 18.1 Å². The summed E-state index contributed by atoms with van der Waals surface area (Å²) in [4.78, 5) is 23.4. The highest BCUT2D eigenvalue weighted by Gasteiger charge is 2.28. The number of rotatable bonds is 13. The molecule has 0 amide bonds. The van der Waals surface area contributed by atoms with Crippen LogP contribution in [0.25, 0.3) is 10.2 Å². The first kappa shape index (κ1) is 31.3. The molecule has 0 spiro atoms. The predicted octanol–water partition coefficient (Wildman–Crippen LogP) is 6.54. The Balaban J connectivity index is 1.05. The Morgan fingerprint density at radius 2 is 1.96 bits per heavy atom. The molecule has 13 heteroatoms. The van der Waals surface area contributed by atoms with E-state index >= 15 is 0 Å². The second-order valence-electron chi connectivity index (χ2n) is 11.1. The molecule has 3 N–H and O–H groups in total. The molecule has 2 aromatic carbocycles. The number of carboxylic acid groups (broad SMARTS) is 1. The number of carboxylic acids is 1. The van der Waals surface area contributed by atoms with Crippen LogP contribution in [-0.4, -0.2) is 63.4 Å². The van der Waals surface area contributed by atoms with Gasteiger partial charge in [-0.1, -0.05) is 35.3 Å². The summed E-state index contributed by atoms with van der Waals surface area (Å²) < 4.78 is 21.2. The zero-order valence-electron chi connectivity index (χ0n) is 25.3. The smallest absolute Gasteiger partial charge is 0.355 e. The number of aromatic carboxylic acids is 1. The molecule has 0 unspecified atom stereocenters. The normalized spacial score (nSPS) is 12.6. The molecule has 1 aliphatic rings. The standard InChI is InChI=1S/C33H32FN7O3S2/c1-41(2)15-5-7-20-11-14-26(24(34)17-20)44-16-6-10-28-29(31(42)43)37-32(46-28)35-19-22-18-23(21-12-13-21)30(40-39-22)38-33-36-25-8-3-4-9-27(25)45-33/h3-4,8-9,11,14,17-18,21H,6,10,12-13,15-16,19H2,1-2H3,(H,35,37)(H,42,43)(H,36,38,40). The Morgan fingerprint density at radius 3 is 2.72 bits per heavy atom. The molecule has 5 aromatic rings. The minimum Gasteiger partial charge on any atom is -0.491 e. The topological polar surface area (TPSA) is 125 Å². The molecule has 1 saturated carbocycles. The fraction of sp³-hybridized carbons (Fsp3) is 0.303. The van der Waals surface area contributed by atoms with Gasteiger partial charge in [-0.3, -0.25) is 4.90 Å². The maximum Gasteiger partial charge on any atom is 0.355 e. The number of aryl methyl sites for hydroxylation is 1. The molecular weight excluding hydrogens is 626 g/mol. The molecule has 0 aliphatic heterocycles. The number of nitrogens with one attached hydrogen (secondary N) is 2. The van der Waals surface area contributed by atoms with Gasteiger partial charge in [0.15, 0.2) is 33.3 Å². The molecule has 46 heavy (non-hydrogen) atoms. The summed E-state index contributed by atoms with van der Waals surface area (Å²) in [6, 6.07) is 14.7. The number of benzene rings is 2. The number of fused-ring (bicyclic) bond motifs is 1. The van der Waals surface area contributed by atoms with E-state index in [4.69, 9.17) is 4.74 Å². The minimum absolute atomic E-state index is 0.000492. The van der Waals surface area contributed by atoms with Crippen molar-refractivity contribution >= 4 is 54.9 Å². The highest BCUT2D eigenvalue weighted by molar-refractivity contribution is 7.22. The first-order valence-corrected chi connectivity index (χ1v) is 16.5. The molecular formula is C33H32FN7O3S2. The zero-order chi connectivity index (χ0) is 32.0. The quantitative estimate of drug-likeness (QED) is 0.0950. The Hall–Kier alpha value is -4.64. The zero-order valence-corrected chi connectivity index (χ0v) is 27.0. The summed E-state index contributed by atoms with van der Waals surface area (Å²) in [5.41, 5.74) is 3.35. The molecule has 0 atom stereocenters. The van der Waals surface area contributed by atoms with Gasteiger partial charge in [0.2, 0.25) is 0 Å². The molecule has 6 rings (SSSR count). The summed E-state index contributed by atoms with van der Waals surface area (Å²) >= 11 is 2.85. The van der Waals surface area contributed by atoms with Crippen molar-refractivity contribution in [1.29, 1.82) is 0 Å². The van der Waals surface area contributed by atoms with E-state index < -0.39 is 11.8 Å². The van der Waals surface area contributed by atoms with Gasteiger partial charge in [-0.2, -0.15) is 5.10 Å². The van der Waals surface area contributed by atoms with Crippen molar-refractivity contribution in [2.75, 3.05) is 37.9 Å². The number of para-hydroxylation sites is 1. The number of halogens is 1. The van der Waals surface area contributed by atoms with E-state index in [9.17, 15) is 14.3 Å². The number of aromatic nitrogens is 4. The minimum atomic E-state index is -1.10. The summed E-state index contributed by atoms with van der Waals surface area (Å²) in [7, 11) is 3.83. The van der Waals surface area contributed by atoms with E-state index in [1.165, 1.54) is 17.4 Å². The molecule has 0 saturated heterocycles. The van der Waals surface area contributed by atoms with Crippen LogP contribution < -0.4 is 15.4 Å². The molecule has 10 nitrogen and oxygen atoms in total. The number of nitrogens with zero attached hydrogens (tertiary/aromatic N) is 5. The number of hydrogen-bond donors (Lipinski definition) is 3. The summed E-state index contributed by atoms with van der Waals surface area (Å²) in [5, 5.41) is 26.5. The van der Waals surface area contributed by atoms with E-state index in [0.717, 1.165) is 39.4 Å². The van der Waals surface area contributed by atoms with Gasteiger partial charge >= 0.3 is 5.97 Å². The van der Waals surface area contributed by atoms with Crippen molar-refractivity contribution in [3.63, 3.8) is 0 Å². The lowest BCUT2D eigenvalue weighted by Crippen LogP contribution is -2.10. The molecule has 1 aliphatic carbocycles. The van der Waals surface area contributed by atoms with Gasteiger partial charge in [0.05, 0.1) is 35.6 Å². The van der Waals surface area contributed by atoms with Crippen LogP contribution in [0.5, 0.6) is 5.75 Å². The SMILES string of the molecule is CN(C)CC#Cc1ccc(OCCCc2sc(NCc3cc(C4CC4)c(Nc4nc5ccccc5s4)nn3)nc2C(=O)O)c(F)c1. The van der Waals surface area contributed by atoms with E-state index in [2.05, 4.69) is 42.6 Å².